The average Bonchev–Trinajstić information content (AvgIpc) is 2.39. The fraction of sp³-hybridized carbons (Fsp3) is 0.308. The lowest BCUT2D eigenvalue weighted by Gasteiger charge is -2.09. The summed E-state index contributed by atoms with van der Waals surface area (Å²) in [4.78, 5) is 13.3. The third kappa shape index (κ3) is 3.74. The van der Waals surface area contributed by atoms with Gasteiger partial charge in [-0.2, -0.15) is 0 Å². The van der Waals surface area contributed by atoms with E-state index in [9.17, 15) is 0 Å². The predicted molar refractivity (Wildman–Crippen MR) is 85.5 cm³/mol. The maximum Gasteiger partial charge on any atom is 0.181 e. The maximum absolute atomic E-state index is 5.14. The van der Waals surface area contributed by atoms with Crippen LogP contribution in [0.15, 0.2) is 27.3 Å². The van der Waals surface area contributed by atoms with Crippen LogP contribution in [-0.4, -0.2) is 28.6 Å². The van der Waals surface area contributed by atoms with E-state index in [1.165, 1.54) is 0 Å². The minimum absolute atomic E-state index is 0.433. The number of methoxy groups -OCH3 is 1. The van der Waals surface area contributed by atoms with Gasteiger partial charge in [0.1, 0.15) is 11.5 Å². The fourth-order valence-electron chi connectivity index (χ4n) is 1.68. The van der Waals surface area contributed by atoms with Gasteiger partial charge in [0, 0.05) is 34.9 Å². The number of ether oxygens (including phenoxy) is 1. The number of anilines is 1. The van der Waals surface area contributed by atoms with Crippen LogP contribution in [0.5, 0.6) is 0 Å². The number of nitrogens with one attached hydrogen (secondary N) is 1. The van der Waals surface area contributed by atoms with Crippen molar-refractivity contribution in [2.45, 2.75) is 13.5 Å². The van der Waals surface area contributed by atoms with Crippen molar-refractivity contribution < 1.29 is 4.74 Å². The van der Waals surface area contributed by atoms with Crippen molar-refractivity contribution in [2.75, 3.05) is 19.0 Å². The van der Waals surface area contributed by atoms with Crippen LogP contribution in [0.2, 0.25) is 0 Å². The Labute approximate surface area is 134 Å². The SMILES string of the molecule is CCNc1cc(COC)nc(-c2ncc(Br)cc2Br)n1. The van der Waals surface area contributed by atoms with Gasteiger partial charge in [0.2, 0.25) is 0 Å². The van der Waals surface area contributed by atoms with E-state index in [4.69, 9.17) is 4.74 Å². The normalized spacial score (nSPS) is 10.6. The quantitative estimate of drug-likeness (QED) is 0.828. The summed E-state index contributed by atoms with van der Waals surface area (Å²) in [6.07, 6.45) is 1.72. The summed E-state index contributed by atoms with van der Waals surface area (Å²) in [6.45, 7) is 3.24. The Hall–Kier alpha value is -1.05. The van der Waals surface area contributed by atoms with E-state index in [0.29, 0.717) is 18.1 Å². The molecular formula is C13H14Br2N4O. The molecule has 5 nitrogen and oxygen atoms in total. The molecule has 106 valence electrons. The van der Waals surface area contributed by atoms with Crippen molar-refractivity contribution in [3.05, 3.63) is 33.0 Å². The van der Waals surface area contributed by atoms with Crippen LogP contribution in [0.1, 0.15) is 12.6 Å². The Bertz CT molecular complexity index is 583. The first-order valence-electron chi connectivity index (χ1n) is 6.06. The predicted octanol–water partition coefficient (Wildman–Crippen LogP) is 3.64. The van der Waals surface area contributed by atoms with Crippen LogP contribution in [-0.2, 0) is 11.3 Å². The molecule has 0 aromatic carbocycles. The van der Waals surface area contributed by atoms with Crippen LogP contribution in [0, 0.1) is 0 Å². The summed E-state index contributed by atoms with van der Waals surface area (Å²) in [5.74, 6) is 1.33. The van der Waals surface area contributed by atoms with E-state index >= 15 is 0 Å². The Morgan fingerprint density at radius 2 is 2.05 bits per heavy atom. The van der Waals surface area contributed by atoms with Gasteiger partial charge in [-0.05, 0) is 44.8 Å². The molecule has 0 unspecified atom stereocenters. The molecule has 0 aliphatic carbocycles. The maximum atomic E-state index is 5.14. The summed E-state index contributed by atoms with van der Waals surface area (Å²) in [5.41, 5.74) is 1.51. The molecule has 20 heavy (non-hydrogen) atoms. The molecule has 2 heterocycles. The molecular weight excluding hydrogens is 388 g/mol. The van der Waals surface area contributed by atoms with Crippen LogP contribution in [0.3, 0.4) is 0 Å². The molecule has 0 aliphatic rings. The first kappa shape index (κ1) is 15.3. The van der Waals surface area contributed by atoms with E-state index in [0.717, 1.165) is 27.0 Å². The molecule has 0 aliphatic heterocycles. The number of hydrogen-bond acceptors (Lipinski definition) is 5. The molecule has 0 amide bonds. The number of rotatable bonds is 5. The standard InChI is InChI=1S/C13H14Br2N4O/c1-3-16-11-5-9(7-20-2)18-13(19-11)12-10(15)4-8(14)6-17-12/h4-6H,3,7H2,1-2H3,(H,16,18,19). The Kier molecular flexibility index (Phi) is 5.45. The zero-order valence-corrected chi connectivity index (χ0v) is 14.3. The third-order valence-corrected chi connectivity index (χ3v) is 3.49. The molecule has 0 spiro atoms. The molecule has 0 bridgehead atoms. The van der Waals surface area contributed by atoms with Crippen molar-refractivity contribution >= 4 is 37.7 Å². The molecule has 0 atom stereocenters. The smallest absolute Gasteiger partial charge is 0.181 e. The Morgan fingerprint density at radius 1 is 1.25 bits per heavy atom. The molecule has 0 saturated carbocycles. The lowest BCUT2D eigenvalue weighted by Crippen LogP contribution is -2.05. The zero-order chi connectivity index (χ0) is 14.5. The summed E-state index contributed by atoms with van der Waals surface area (Å²) < 4.78 is 6.88. The lowest BCUT2D eigenvalue weighted by atomic mass is 10.3. The van der Waals surface area contributed by atoms with E-state index in [2.05, 4.69) is 52.1 Å². The Morgan fingerprint density at radius 3 is 2.70 bits per heavy atom. The van der Waals surface area contributed by atoms with Gasteiger partial charge in [-0.15, -0.1) is 0 Å². The van der Waals surface area contributed by atoms with Crippen LogP contribution >= 0.6 is 31.9 Å². The zero-order valence-electron chi connectivity index (χ0n) is 11.2. The minimum Gasteiger partial charge on any atom is -0.378 e. The number of halogens is 2. The number of aromatic nitrogens is 3. The van der Waals surface area contributed by atoms with Gasteiger partial charge in [0.25, 0.3) is 0 Å². The summed E-state index contributed by atoms with van der Waals surface area (Å²) >= 11 is 6.87. The molecule has 2 rings (SSSR count). The Balaban J connectivity index is 2.48. The van der Waals surface area contributed by atoms with Crippen LogP contribution < -0.4 is 5.32 Å². The van der Waals surface area contributed by atoms with Crippen LogP contribution in [0.4, 0.5) is 5.82 Å². The van der Waals surface area contributed by atoms with Crippen molar-refractivity contribution in [1.29, 1.82) is 0 Å². The second-order valence-electron chi connectivity index (χ2n) is 4.02. The monoisotopic (exact) mass is 400 g/mol. The topological polar surface area (TPSA) is 59.9 Å². The number of hydrogen-bond donors (Lipinski definition) is 1. The molecule has 0 fully saturated rings. The second-order valence-corrected chi connectivity index (χ2v) is 5.79. The highest BCUT2D eigenvalue weighted by Crippen LogP contribution is 2.27. The van der Waals surface area contributed by atoms with Crippen molar-refractivity contribution in [1.82, 2.24) is 15.0 Å². The lowest BCUT2D eigenvalue weighted by molar-refractivity contribution is 0.181. The van der Waals surface area contributed by atoms with Gasteiger partial charge in [0.15, 0.2) is 5.82 Å². The first-order valence-corrected chi connectivity index (χ1v) is 7.64. The number of nitrogens with zero attached hydrogens (tertiary/aromatic N) is 3. The highest BCUT2D eigenvalue weighted by Gasteiger charge is 2.11. The molecule has 0 saturated heterocycles. The third-order valence-electron chi connectivity index (χ3n) is 2.45. The van der Waals surface area contributed by atoms with Gasteiger partial charge in [0.05, 0.1) is 12.3 Å². The highest BCUT2D eigenvalue weighted by atomic mass is 79.9. The van der Waals surface area contributed by atoms with E-state index in [-0.39, 0.29) is 0 Å². The highest BCUT2D eigenvalue weighted by molar-refractivity contribution is 9.11. The summed E-state index contributed by atoms with van der Waals surface area (Å²) in [7, 11) is 1.64. The van der Waals surface area contributed by atoms with Gasteiger partial charge in [-0.25, -0.2) is 9.97 Å². The summed E-state index contributed by atoms with van der Waals surface area (Å²) in [6, 6.07) is 3.80. The molecule has 7 heteroatoms. The molecule has 1 N–H and O–H groups in total. The minimum atomic E-state index is 0.433. The van der Waals surface area contributed by atoms with Crippen molar-refractivity contribution in [3.8, 4) is 11.5 Å². The van der Waals surface area contributed by atoms with Gasteiger partial charge in [-0.1, -0.05) is 0 Å². The van der Waals surface area contributed by atoms with Gasteiger partial charge >= 0.3 is 0 Å². The second kappa shape index (κ2) is 7.10. The van der Waals surface area contributed by atoms with Crippen LogP contribution in [0.25, 0.3) is 11.5 Å². The molecule has 0 radical (unpaired) electrons. The summed E-state index contributed by atoms with van der Waals surface area (Å²) in [5, 5.41) is 3.19. The average molecular weight is 402 g/mol. The van der Waals surface area contributed by atoms with Gasteiger partial charge in [-0.3, -0.25) is 4.98 Å². The molecule has 2 aromatic rings. The molecule has 2 aromatic heterocycles. The van der Waals surface area contributed by atoms with Crippen molar-refractivity contribution in [2.24, 2.45) is 0 Å². The van der Waals surface area contributed by atoms with E-state index in [1.54, 1.807) is 13.3 Å². The number of pyridine rings is 1. The largest absolute Gasteiger partial charge is 0.378 e. The van der Waals surface area contributed by atoms with Gasteiger partial charge < -0.3 is 10.1 Å². The van der Waals surface area contributed by atoms with E-state index < -0.39 is 0 Å². The van der Waals surface area contributed by atoms with E-state index in [1.807, 2.05) is 19.1 Å². The first-order chi connectivity index (χ1) is 9.63. The van der Waals surface area contributed by atoms with Crippen molar-refractivity contribution in [3.63, 3.8) is 0 Å². The fourth-order valence-corrected chi connectivity index (χ4v) is 2.84.